The number of aryl methyl sites for hydroxylation is 3. The van der Waals surface area contributed by atoms with Gasteiger partial charge in [0.2, 0.25) is 11.1 Å². The molecule has 3 rings (SSSR count). The number of methoxy groups -OCH3 is 1. The fourth-order valence-electron chi connectivity index (χ4n) is 2.91. The number of anilines is 1. The van der Waals surface area contributed by atoms with Crippen LogP contribution < -0.4 is 10.1 Å². The monoisotopic (exact) mass is 383 g/mol. The van der Waals surface area contributed by atoms with Crippen molar-refractivity contribution in [1.82, 2.24) is 20.2 Å². The Hall–Kier alpha value is -2.87. The molecular formula is C19H21N5O2S. The number of aromatic nitrogens is 4. The van der Waals surface area contributed by atoms with E-state index < -0.39 is 0 Å². The molecule has 0 spiro atoms. The summed E-state index contributed by atoms with van der Waals surface area (Å²) >= 11 is 1.27. The summed E-state index contributed by atoms with van der Waals surface area (Å²) in [5, 5.41) is 15.3. The molecule has 3 aromatic rings. The number of para-hydroxylation sites is 2. The fraction of sp³-hybridized carbons (Fsp3) is 0.263. The maximum absolute atomic E-state index is 12.4. The Morgan fingerprint density at radius 3 is 2.59 bits per heavy atom. The molecule has 0 unspecified atom stereocenters. The predicted molar refractivity (Wildman–Crippen MR) is 106 cm³/mol. The predicted octanol–water partition coefficient (Wildman–Crippen LogP) is 3.33. The van der Waals surface area contributed by atoms with Crippen LogP contribution in [0.3, 0.4) is 0 Å². The minimum atomic E-state index is -0.107. The van der Waals surface area contributed by atoms with Crippen LogP contribution in [0.2, 0.25) is 0 Å². The average molecular weight is 383 g/mol. The highest BCUT2D eigenvalue weighted by atomic mass is 32.2. The van der Waals surface area contributed by atoms with Crippen molar-refractivity contribution in [3.8, 4) is 11.4 Å². The molecule has 0 aliphatic rings. The maximum atomic E-state index is 12.4. The Labute approximate surface area is 162 Å². The van der Waals surface area contributed by atoms with Gasteiger partial charge < -0.3 is 10.1 Å². The summed E-state index contributed by atoms with van der Waals surface area (Å²) in [6, 6.07) is 11.6. The van der Waals surface area contributed by atoms with E-state index in [1.54, 1.807) is 11.8 Å². The SMILES string of the molecule is COc1ccccc1-n1nnnc1SCC(=O)Nc1c(C)cc(C)cc1C. The molecule has 0 aliphatic carbocycles. The van der Waals surface area contributed by atoms with Gasteiger partial charge in [0.05, 0.1) is 12.9 Å². The van der Waals surface area contributed by atoms with Crippen molar-refractivity contribution in [2.45, 2.75) is 25.9 Å². The van der Waals surface area contributed by atoms with Crippen molar-refractivity contribution in [2.75, 3.05) is 18.2 Å². The number of carbonyl (C=O) groups is 1. The summed E-state index contributed by atoms with van der Waals surface area (Å²) in [6.45, 7) is 6.02. The number of amides is 1. The minimum Gasteiger partial charge on any atom is -0.494 e. The Bertz CT molecular complexity index is 947. The second-order valence-electron chi connectivity index (χ2n) is 6.16. The largest absolute Gasteiger partial charge is 0.494 e. The van der Waals surface area contributed by atoms with E-state index >= 15 is 0 Å². The van der Waals surface area contributed by atoms with Gasteiger partial charge in [-0.2, -0.15) is 4.68 Å². The highest BCUT2D eigenvalue weighted by Crippen LogP contribution is 2.26. The first-order valence-electron chi connectivity index (χ1n) is 8.42. The smallest absolute Gasteiger partial charge is 0.234 e. The van der Waals surface area contributed by atoms with Crippen molar-refractivity contribution in [1.29, 1.82) is 0 Å². The molecule has 1 N–H and O–H groups in total. The third kappa shape index (κ3) is 4.28. The van der Waals surface area contributed by atoms with Gasteiger partial charge in [0.25, 0.3) is 0 Å². The number of hydrogen-bond acceptors (Lipinski definition) is 6. The fourth-order valence-corrected chi connectivity index (χ4v) is 3.59. The van der Waals surface area contributed by atoms with Gasteiger partial charge in [-0.15, -0.1) is 5.10 Å². The lowest BCUT2D eigenvalue weighted by atomic mass is 10.1. The van der Waals surface area contributed by atoms with Gasteiger partial charge in [-0.05, 0) is 54.5 Å². The summed E-state index contributed by atoms with van der Waals surface area (Å²) in [6.07, 6.45) is 0. The van der Waals surface area contributed by atoms with Crippen molar-refractivity contribution in [2.24, 2.45) is 0 Å². The van der Waals surface area contributed by atoms with Gasteiger partial charge in [-0.1, -0.05) is 41.6 Å². The van der Waals surface area contributed by atoms with Gasteiger partial charge in [0.1, 0.15) is 11.4 Å². The highest BCUT2D eigenvalue weighted by molar-refractivity contribution is 7.99. The summed E-state index contributed by atoms with van der Waals surface area (Å²) in [4.78, 5) is 12.4. The molecule has 1 aromatic heterocycles. The topological polar surface area (TPSA) is 81.9 Å². The van der Waals surface area contributed by atoms with Crippen LogP contribution in [-0.4, -0.2) is 39.0 Å². The third-order valence-electron chi connectivity index (χ3n) is 4.03. The molecule has 27 heavy (non-hydrogen) atoms. The second-order valence-corrected chi connectivity index (χ2v) is 7.10. The molecule has 7 nitrogen and oxygen atoms in total. The first kappa shape index (κ1) is 18.9. The highest BCUT2D eigenvalue weighted by Gasteiger charge is 2.15. The first-order valence-corrected chi connectivity index (χ1v) is 9.40. The molecule has 0 aliphatic heterocycles. The van der Waals surface area contributed by atoms with E-state index in [0.29, 0.717) is 10.9 Å². The Morgan fingerprint density at radius 2 is 1.89 bits per heavy atom. The average Bonchev–Trinajstić information content (AvgIpc) is 3.11. The molecule has 0 atom stereocenters. The number of nitrogens with one attached hydrogen (secondary N) is 1. The summed E-state index contributed by atoms with van der Waals surface area (Å²) in [5.74, 6) is 0.745. The molecule has 1 heterocycles. The zero-order valence-electron chi connectivity index (χ0n) is 15.7. The van der Waals surface area contributed by atoms with Crippen molar-refractivity contribution in [3.63, 3.8) is 0 Å². The molecular weight excluding hydrogens is 362 g/mol. The van der Waals surface area contributed by atoms with Crippen LogP contribution in [0.4, 0.5) is 5.69 Å². The summed E-state index contributed by atoms with van der Waals surface area (Å²) in [5.41, 5.74) is 4.84. The van der Waals surface area contributed by atoms with Crippen molar-refractivity contribution in [3.05, 3.63) is 53.1 Å². The number of tetrazole rings is 1. The van der Waals surface area contributed by atoms with E-state index in [-0.39, 0.29) is 11.7 Å². The van der Waals surface area contributed by atoms with Crippen LogP contribution in [0.1, 0.15) is 16.7 Å². The summed E-state index contributed by atoms with van der Waals surface area (Å²) < 4.78 is 6.93. The maximum Gasteiger partial charge on any atom is 0.234 e. The standard InChI is InChI=1S/C19H21N5O2S/c1-12-9-13(2)18(14(3)10-12)20-17(25)11-27-19-21-22-23-24(19)15-7-5-6-8-16(15)26-4/h5-10H,11H2,1-4H3,(H,20,25). The van der Waals surface area contributed by atoms with Crippen LogP contribution in [-0.2, 0) is 4.79 Å². The number of thioether (sulfide) groups is 1. The number of nitrogens with zero attached hydrogens (tertiary/aromatic N) is 4. The molecule has 8 heteroatoms. The van der Waals surface area contributed by atoms with Crippen molar-refractivity contribution < 1.29 is 9.53 Å². The van der Waals surface area contributed by atoms with Crippen LogP contribution in [0.5, 0.6) is 5.75 Å². The molecule has 0 fully saturated rings. The van der Waals surface area contributed by atoms with Gasteiger partial charge in [0, 0.05) is 5.69 Å². The lowest BCUT2D eigenvalue weighted by Gasteiger charge is -2.13. The van der Waals surface area contributed by atoms with Gasteiger partial charge in [-0.25, -0.2) is 0 Å². The van der Waals surface area contributed by atoms with E-state index in [9.17, 15) is 4.79 Å². The van der Waals surface area contributed by atoms with Gasteiger partial charge in [0.15, 0.2) is 0 Å². The summed E-state index contributed by atoms with van der Waals surface area (Å²) in [7, 11) is 1.59. The van der Waals surface area contributed by atoms with Gasteiger partial charge >= 0.3 is 0 Å². The van der Waals surface area contributed by atoms with E-state index in [2.05, 4.69) is 33.0 Å². The van der Waals surface area contributed by atoms with Crippen molar-refractivity contribution >= 4 is 23.4 Å². The molecule has 1 amide bonds. The van der Waals surface area contributed by atoms with E-state index in [1.165, 1.54) is 17.3 Å². The van der Waals surface area contributed by atoms with Crippen LogP contribution >= 0.6 is 11.8 Å². The Balaban J connectivity index is 1.72. The number of carbonyl (C=O) groups excluding carboxylic acids is 1. The first-order chi connectivity index (χ1) is 13.0. The Kier molecular flexibility index (Phi) is 5.75. The molecule has 0 saturated heterocycles. The number of rotatable bonds is 6. The second kappa shape index (κ2) is 8.22. The molecule has 2 aromatic carbocycles. The van der Waals surface area contributed by atoms with E-state index in [1.807, 2.05) is 45.0 Å². The van der Waals surface area contributed by atoms with Gasteiger partial charge in [-0.3, -0.25) is 4.79 Å². The zero-order chi connectivity index (χ0) is 19.4. The lowest BCUT2D eigenvalue weighted by Crippen LogP contribution is -2.16. The third-order valence-corrected chi connectivity index (χ3v) is 4.95. The number of benzene rings is 2. The molecule has 0 bridgehead atoms. The number of ether oxygens (including phenoxy) is 1. The zero-order valence-corrected chi connectivity index (χ0v) is 16.5. The van der Waals surface area contributed by atoms with E-state index in [0.717, 1.165) is 22.5 Å². The van der Waals surface area contributed by atoms with Crippen LogP contribution in [0, 0.1) is 20.8 Å². The molecule has 140 valence electrons. The normalized spacial score (nSPS) is 10.7. The number of hydrogen-bond donors (Lipinski definition) is 1. The van der Waals surface area contributed by atoms with E-state index in [4.69, 9.17) is 4.74 Å². The molecule has 0 radical (unpaired) electrons. The van der Waals surface area contributed by atoms with Crippen LogP contribution in [0.25, 0.3) is 5.69 Å². The minimum absolute atomic E-state index is 0.107. The van der Waals surface area contributed by atoms with Crippen LogP contribution in [0.15, 0.2) is 41.6 Å². The quantitative estimate of drug-likeness (QED) is 0.658. The lowest BCUT2D eigenvalue weighted by molar-refractivity contribution is -0.113. The Morgan fingerprint density at radius 1 is 1.19 bits per heavy atom. The molecule has 0 saturated carbocycles.